The Morgan fingerprint density at radius 1 is 1.37 bits per heavy atom. The summed E-state index contributed by atoms with van der Waals surface area (Å²) >= 11 is 6.19. The topological polar surface area (TPSA) is 101 Å². The smallest absolute Gasteiger partial charge is 0.258 e. The van der Waals surface area contributed by atoms with Crippen LogP contribution in [-0.4, -0.2) is 83.8 Å². The number of aliphatic hydroxyl groups excluding tert-OH is 1. The molecule has 188 valence electrons. The Morgan fingerprint density at radius 2 is 2.14 bits per heavy atom. The second-order valence-electron chi connectivity index (χ2n) is 8.88. The molecule has 0 aromatic heterocycles. The number of β-amino-alcohol motifs (C(OH)–C–C–N with tert-alkyl or cyclic N) is 1. The van der Waals surface area contributed by atoms with E-state index in [4.69, 9.17) is 21.7 Å². The average molecular weight is 508 g/mol. The summed E-state index contributed by atoms with van der Waals surface area (Å²) < 4.78 is 33.7. The molecule has 0 spiro atoms. The molecule has 0 bridgehead atoms. The highest BCUT2D eigenvalue weighted by Crippen LogP contribution is 2.28. The molecule has 0 aliphatic carbocycles. The van der Waals surface area contributed by atoms with Crippen molar-refractivity contribution in [3.63, 3.8) is 0 Å². The molecule has 2 fully saturated rings. The molecule has 8 nitrogen and oxygen atoms in total. The van der Waals surface area contributed by atoms with Crippen molar-refractivity contribution in [2.24, 2.45) is 4.99 Å². The lowest BCUT2D eigenvalue weighted by Gasteiger charge is -2.24. The zero-order chi connectivity index (χ0) is 25.3. The second kappa shape index (κ2) is 10.4. The van der Waals surface area contributed by atoms with Gasteiger partial charge in [-0.3, -0.25) is 9.69 Å². The van der Waals surface area contributed by atoms with Crippen LogP contribution in [0.3, 0.4) is 0 Å². The van der Waals surface area contributed by atoms with Gasteiger partial charge in [-0.1, -0.05) is 11.6 Å². The lowest BCUT2D eigenvalue weighted by Crippen LogP contribution is -2.36. The van der Waals surface area contributed by atoms with Crippen LogP contribution in [0.4, 0.5) is 8.78 Å². The van der Waals surface area contributed by atoms with Crippen molar-refractivity contribution in [2.75, 3.05) is 39.4 Å². The van der Waals surface area contributed by atoms with Crippen molar-refractivity contribution in [1.82, 2.24) is 15.1 Å². The van der Waals surface area contributed by atoms with Crippen molar-refractivity contribution in [3.8, 4) is 5.75 Å². The minimum absolute atomic E-state index is 0.0551. The quantitative estimate of drug-likeness (QED) is 0.549. The highest BCUT2D eigenvalue weighted by Gasteiger charge is 2.34. The fourth-order valence-electron chi connectivity index (χ4n) is 4.53. The van der Waals surface area contributed by atoms with Gasteiger partial charge in [-0.15, -0.1) is 0 Å². The van der Waals surface area contributed by atoms with Gasteiger partial charge in [0.05, 0.1) is 41.7 Å². The van der Waals surface area contributed by atoms with Crippen LogP contribution in [0.25, 0.3) is 0 Å². The molecule has 1 amide bonds. The van der Waals surface area contributed by atoms with E-state index < -0.39 is 17.9 Å². The van der Waals surface area contributed by atoms with Gasteiger partial charge in [0.15, 0.2) is 0 Å². The zero-order valence-electron chi connectivity index (χ0n) is 19.6. The third-order valence-electron chi connectivity index (χ3n) is 6.34. The van der Waals surface area contributed by atoms with Gasteiger partial charge in [0.25, 0.3) is 5.91 Å². The molecule has 11 heteroatoms. The molecule has 3 aliphatic rings. The summed E-state index contributed by atoms with van der Waals surface area (Å²) in [5, 5.41) is 21.2. The average Bonchev–Trinajstić information content (AvgIpc) is 3.37. The maximum Gasteiger partial charge on any atom is 0.258 e. The number of carbonyl (C=O) groups excluding carboxylic acids is 1. The molecule has 3 heterocycles. The molecule has 3 aliphatic heterocycles. The number of hydrogen-bond acceptors (Lipinski definition) is 7. The summed E-state index contributed by atoms with van der Waals surface area (Å²) in [6.45, 7) is 4.26. The molecule has 4 rings (SSSR count). The number of carbonyl (C=O) groups is 1. The summed E-state index contributed by atoms with van der Waals surface area (Å²) in [6.07, 6.45) is -0.789. The molecule has 2 atom stereocenters. The third-order valence-corrected chi connectivity index (χ3v) is 6.89. The van der Waals surface area contributed by atoms with Crippen molar-refractivity contribution in [1.29, 1.82) is 5.41 Å². The Hall–Kier alpha value is -2.82. The molecular weight excluding hydrogens is 480 g/mol. The number of rotatable bonds is 6. The highest BCUT2D eigenvalue weighted by atomic mass is 35.5. The summed E-state index contributed by atoms with van der Waals surface area (Å²) in [4.78, 5) is 21.1. The lowest BCUT2D eigenvalue weighted by atomic mass is 10.1. The first-order valence-corrected chi connectivity index (χ1v) is 11.8. The maximum absolute atomic E-state index is 14.0. The number of aliphatic imine (C=N–C) groups is 1. The van der Waals surface area contributed by atoms with Gasteiger partial charge in [-0.25, -0.2) is 13.8 Å². The number of amides is 1. The van der Waals surface area contributed by atoms with E-state index in [9.17, 15) is 18.7 Å². The minimum Gasteiger partial charge on any atom is -0.491 e. The second-order valence-corrected chi connectivity index (χ2v) is 9.26. The number of aliphatic hydroxyl groups is 1. The number of nitrogens with zero attached hydrogens (tertiary/aromatic N) is 3. The van der Waals surface area contributed by atoms with Crippen LogP contribution in [-0.2, 0) is 0 Å². The molecule has 2 unspecified atom stereocenters. The van der Waals surface area contributed by atoms with Crippen LogP contribution in [0.1, 0.15) is 30.6 Å². The predicted octanol–water partition coefficient (Wildman–Crippen LogP) is 2.83. The van der Waals surface area contributed by atoms with Crippen molar-refractivity contribution < 1.29 is 23.4 Å². The van der Waals surface area contributed by atoms with Gasteiger partial charge in [0.1, 0.15) is 30.2 Å². The summed E-state index contributed by atoms with van der Waals surface area (Å²) in [5.74, 6) is -0.439. The Labute approximate surface area is 207 Å². The van der Waals surface area contributed by atoms with Crippen LogP contribution < -0.4 is 10.1 Å². The summed E-state index contributed by atoms with van der Waals surface area (Å²) in [5.41, 5.74) is 2.31. The maximum atomic E-state index is 14.0. The Balaban J connectivity index is 1.52. The monoisotopic (exact) mass is 507 g/mol. The zero-order valence-corrected chi connectivity index (χ0v) is 20.3. The van der Waals surface area contributed by atoms with Gasteiger partial charge < -0.3 is 25.5 Å². The van der Waals surface area contributed by atoms with E-state index in [2.05, 4.69) is 10.3 Å². The van der Waals surface area contributed by atoms with Crippen LogP contribution in [0.15, 0.2) is 45.3 Å². The normalized spacial score (nSPS) is 25.3. The molecule has 0 radical (unpaired) electrons. The largest absolute Gasteiger partial charge is 0.491 e. The molecular formula is C24H28ClF2N5O3. The van der Waals surface area contributed by atoms with Crippen molar-refractivity contribution in [3.05, 3.63) is 51.7 Å². The fraction of sp³-hybridized carbons (Fsp3) is 0.458. The van der Waals surface area contributed by atoms with Gasteiger partial charge in [0.2, 0.25) is 0 Å². The van der Waals surface area contributed by atoms with Gasteiger partial charge in [-0.05, 0) is 32.4 Å². The standard InChI is InChI=1S/C24H28ClF2N5O3/c1-13-22(25)14(2)30-23(29-13)19-10-32(11-20(19)28)24(34)18-4-3-15(26)8-21(18)35-12-17-7-16(27)9-31(17)5-6-33/h3-4,8,16-17,28-29,33H,5-7,9-12H2,1-2H3/b23-19+,28-20?. The first-order valence-electron chi connectivity index (χ1n) is 11.4. The van der Waals surface area contributed by atoms with Crippen LogP contribution in [0.5, 0.6) is 5.75 Å². The van der Waals surface area contributed by atoms with E-state index in [0.717, 1.165) is 6.07 Å². The molecule has 3 N–H and O–H groups in total. The molecule has 0 saturated carbocycles. The van der Waals surface area contributed by atoms with E-state index in [-0.39, 0.29) is 62.3 Å². The molecule has 2 saturated heterocycles. The SMILES string of the molecule is CC1=N/C(=C2\CN(C(=O)c3ccc(F)cc3OCC3CC(F)CN3CCO)CC2=N)NC(C)=C1Cl. The van der Waals surface area contributed by atoms with E-state index in [1.165, 1.54) is 17.0 Å². The number of ether oxygens (including phenoxy) is 1. The van der Waals surface area contributed by atoms with E-state index in [1.54, 1.807) is 11.8 Å². The molecule has 1 aromatic rings. The summed E-state index contributed by atoms with van der Waals surface area (Å²) in [7, 11) is 0. The van der Waals surface area contributed by atoms with Crippen LogP contribution in [0.2, 0.25) is 0 Å². The number of alkyl halides is 1. The Kier molecular flexibility index (Phi) is 7.53. The number of halogens is 3. The van der Waals surface area contributed by atoms with E-state index >= 15 is 0 Å². The Morgan fingerprint density at radius 3 is 2.86 bits per heavy atom. The Bertz CT molecular complexity index is 1140. The number of benzene rings is 1. The van der Waals surface area contributed by atoms with Crippen molar-refractivity contribution in [2.45, 2.75) is 32.5 Å². The number of allylic oxidation sites excluding steroid dienone is 2. The highest BCUT2D eigenvalue weighted by molar-refractivity contribution is 6.43. The minimum atomic E-state index is -1.03. The first kappa shape index (κ1) is 25.3. The molecule has 1 aromatic carbocycles. The number of likely N-dealkylation sites (tertiary alicyclic amines) is 2. The van der Waals surface area contributed by atoms with E-state index in [1.807, 2.05) is 6.92 Å². The molecule has 35 heavy (non-hydrogen) atoms. The van der Waals surface area contributed by atoms with Gasteiger partial charge in [-0.2, -0.15) is 0 Å². The van der Waals surface area contributed by atoms with Gasteiger partial charge >= 0.3 is 0 Å². The first-order chi connectivity index (χ1) is 16.7. The summed E-state index contributed by atoms with van der Waals surface area (Å²) in [6, 6.07) is 3.38. The fourth-order valence-corrected chi connectivity index (χ4v) is 4.62. The van der Waals surface area contributed by atoms with Crippen LogP contribution >= 0.6 is 11.6 Å². The van der Waals surface area contributed by atoms with E-state index in [0.29, 0.717) is 34.4 Å². The van der Waals surface area contributed by atoms with Gasteiger partial charge in [0, 0.05) is 36.5 Å². The number of hydrogen-bond donors (Lipinski definition) is 3. The van der Waals surface area contributed by atoms with Crippen molar-refractivity contribution >= 4 is 28.9 Å². The lowest BCUT2D eigenvalue weighted by molar-refractivity contribution is 0.0796. The third kappa shape index (κ3) is 5.39. The predicted molar refractivity (Wildman–Crippen MR) is 129 cm³/mol. The van der Waals surface area contributed by atoms with Crippen LogP contribution in [0, 0.1) is 11.2 Å². The number of nitrogens with one attached hydrogen (secondary N) is 2.